The molecule has 0 spiro atoms. The summed E-state index contributed by atoms with van der Waals surface area (Å²) in [6, 6.07) is 5.00. The maximum atomic E-state index is 12.3. The van der Waals surface area contributed by atoms with Gasteiger partial charge in [-0.2, -0.15) is 13.2 Å². The minimum absolute atomic E-state index is 0.108. The Morgan fingerprint density at radius 3 is 2.29 bits per heavy atom. The van der Waals surface area contributed by atoms with Crippen molar-refractivity contribution in [3.63, 3.8) is 0 Å². The zero-order valence-electron chi connectivity index (χ0n) is 9.52. The Labute approximate surface area is 104 Å². The van der Waals surface area contributed by atoms with Gasteiger partial charge in [-0.3, -0.25) is 0 Å². The lowest BCUT2D eigenvalue weighted by molar-refractivity contribution is -0.137. The van der Waals surface area contributed by atoms with Gasteiger partial charge in [-0.05, 0) is 37.1 Å². The third-order valence-electron chi connectivity index (χ3n) is 2.44. The quantitative estimate of drug-likeness (QED) is 0.772. The first-order valence-corrected chi connectivity index (χ1v) is 5.92. The van der Waals surface area contributed by atoms with E-state index in [9.17, 15) is 13.2 Å². The second-order valence-electron chi connectivity index (χ2n) is 3.80. The van der Waals surface area contributed by atoms with E-state index in [0.29, 0.717) is 12.2 Å². The summed E-state index contributed by atoms with van der Waals surface area (Å²) < 4.78 is 36.9. The van der Waals surface area contributed by atoms with E-state index in [1.165, 1.54) is 12.1 Å². The zero-order valence-corrected chi connectivity index (χ0v) is 10.3. The molecule has 0 saturated carbocycles. The van der Waals surface area contributed by atoms with Crippen LogP contribution in [-0.2, 0) is 6.18 Å². The van der Waals surface area contributed by atoms with Crippen molar-refractivity contribution in [3.05, 3.63) is 29.8 Å². The summed E-state index contributed by atoms with van der Waals surface area (Å²) in [5, 5.41) is 3.15. The van der Waals surface area contributed by atoms with Gasteiger partial charge in [-0.15, -0.1) is 11.6 Å². The predicted octanol–water partition coefficient (Wildman–Crippen LogP) is 4.52. The van der Waals surface area contributed by atoms with Gasteiger partial charge in [-0.25, -0.2) is 0 Å². The molecule has 1 unspecified atom stereocenters. The van der Waals surface area contributed by atoms with Gasteiger partial charge in [0.05, 0.1) is 5.56 Å². The maximum Gasteiger partial charge on any atom is 0.416 e. The fraction of sp³-hybridized carbons (Fsp3) is 0.500. The van der Waals surface area contributed by atoms with Crippen molar-refractivity contribution in [3.8, 4) is 0 Å². The topological polar surface area (TPSA) is 12.0 Å². The first-order valence-electron chi connectivity index (χ1n) is 5.48. The van der Waals surface area contributed by atoms with Crippen LogP contribution in [-0.4, -0.2) is 11.9 Å². The Morgan fingerprint density at radius 2 is 1.82 bits per heavy atom. The van der Waals surface area contributed by atoms with E-state index >= 15 is 0 Å². The normalized spacial score (nSPS) is 13.5. The van der Waals surface area contributed by atoms with E-state index in [2.05, 4.69) is 5.32 Å². The van der Waals surface area contributed by atoms with Gasteiger partial charge in [0.1, 0.15) is 0 Å². The molecule has 0 amide bonds. The molecule has 96 valence electrons. The highest BCUT2D eigenvalue weighted by molar-refractivity contribution is 6.20. The van der Waals surface area contributed by atoms with Crippen LogP contribution in [0, 0.1) is 0 Å². The van der Waals surface area contributed by atoms with Crippen molar-refractivity contribution in [1.29, 1.82) is 0 Å². The van der Waals surface area contributed by atoms with Crippen LogP contribution in [0.4, 0.5) is 18.9 Å². The Kier molecular flexibility index (Phi) is 5.12. The fourth-order valence-corrected chi connectivity index (χ4v) is 1.46. The van der Waals surface area contributed by atoms with E-state index in [-0.39, 0.29) is 5.38 Å². The fourth-order valence-electron chi connectivity index (χ4n) is 1.35. The number of anilines is 1. The minimum Gasteiger partial charge on any atom is -0.385 e. The van der Waals surface area contributed by atoms with E-state index in [0.717, 1.165) is 25.0 Å². The van der Waals surface area contributed by atoms with Crippen LogP contribution < -0.4 is 5.32 Å². The van der Waals surface area contributed by atoms with E-state index in [4.69, 9.17) is 11.6 Å². The third kappa shape index (κ3) is 4.86. The molecule has 0 aliphatic rings. The third-order valence-corrected chi connectivity index (χ3v) is 2.97. The van der Waals surface area contributed by atoms with E-state index in [1.807, 2.05) is 6.92 Å². The lowest BCUT2D eigenvalue weighted by atomic mass is 10.2. The average Bonchev–Trinajstić information content (AvgIpc) is 2.28. The lowest BCUT2D eigenvalue weighted by Gasteiger charge is -2.10. The second kappa shape index (κ2) is 6.15. The van der Waals surface area contributed by atoms with Crippen molar-refractivity contribution in [2.75, 3.05) is 11.9 Å². The van der Waals surface area contributed by atoms with Crippen molar-refractivity contribution in [1.82, 2.24) is 0 Å². The number of hydrogen-bond donors (Lipinski definition) is 1. The summed E-state index contributed by atoms with van der Waals surface area (Å²) >= 11 is 5.93. The molecule has 1 aromatic rings. The van der Waals surface area contributed by atoms with Gasteiger partial charge in [0.15, 0.2) is 0 Å². The Balaban J connectivity index is 2.46. The monoisotopic (exact) mass is 265 g/mol. The van der Waals surface area contributed by atoms with Crippen LogP contribution >= 0.6 is 11.6 Å². The van der Waals surface area contributed by atoms with Crippen LogP contribution in [0.2, 0.25) is 0 Å². The number of hydrogen-bond acceptors (Lipinski definition) is 1. The highest BCUT2D eigenvalue weighted by atomic mass is 35.5. The summed E-state index contributed by atoms with van der Waals surface area (Å²) in [5.74, 6) is 0. The summed E-state index contributed by atoms with van der Waals surface area (Å²) in [5.41, 5.74) is 0.0461. The molecule has 1 aromatic carbocycles. The lowest BCUT2D eigenvalue weighted by Crippen LogP contribution is -2.09. The molecule has 1 nitrogen and oxygen atoms in total. The summed E-state index contributed by atoms with van der Waals surface area (Å²) in [4.78, 5) is 0. The number of halogens is 4. The molecule has 0 aliphatic heterocycles. The van der Waals surface area contributed by atoms with Gasteiger partial charge < -0.3 is 5.32 Å². The van der Waals surface area contributed by atoms with Crippen molar-refractivity contribution < 1.29 is 13.2 Å². The molecule has 1 N–H and O–H groups in total. The van der Waals surface area contributed by atoms with Crippen molar-refractivity contribution in [2.24, 2.45) is 0 Å². The molecular weight excluding hydrogens is 251 g/mol. The number of nitrogens with one attached hydrogen (secondary N) is 1. The first-order chi connectivity index (χ1) is 7.93. The molecule has 0 aromatic heterocycles. The Morgan fingerprint density at radius 1 is 1.24 bits per heavy atom. The van der Waals surface area contributed by atoms with Gasteiger partial charge in [0.2, 0.25) is 0 Å². The smallest absolute Gasteiger partial charge is 0.385 e. The van der Waals surface area contributed by atoms with Crippen LogP contribution in [0.25, 0.3) is 0 Å². The molecule has 0 bridgehead atoms. The van der Waals surface area contributed by atoms with Gasteiger partial charge in [0, 0.05) is 17.6 Å². The molecule has 0 radical (unpaired) electrons. The number of benzene rings is 1. The summed E-state index contributed by atoms with van der Waals surface area (Å²) in [7, 11) is 0. The number of alkyl halides is 4. The van der Waals surface area contributed by atoms with Crippen molar-refractivity contribution >= 4 is 17.3 Å². The summed E-state index contributed by atoms with van der Waals surface area (Å²) in [6.07, 6.45) is -2.60. The van der Waals surface area contributed by atoms with Crippen LogP contribution in [0.15, 0.2) is 24.3 Å². The molecule has 0 aliphatic carbocycles. The Hall–Kier alpha value is -0.900. The van der Waals surface area contributed by atoms with Gasteiger partial charge in [-0.1, -0.05) is 6.92 Å². The van der Waals surface area contributed by atoms with Gasteiger partial charge >= 0.3 is 6.18 Å². The molecule has 1 rings (SSSR count). The highest BCUT2D eigenvalue weighted by Gasteiger charge is 2.29. The largest absolute Gasteiger partial charge is 0.416 e. The molecule has 0 fully saturated rings. The highest BCUT2D eigenvalue weighted by Crippen LogP contribution is 2.29. The van der Waals surface area contributed by atoms with Crippen LogP contribution in [0.5, 0.6) is 0 Å². The average molecular weight is 266 g/mol. The first kappa shape index (κ1) is 14.2. The Bertz CT molecular complexity index is 335. The standard InChI is InChI=1S/C12H15ClF3N/c1-2-10(13)7-8-17-11-5-3-9(4-6-11)12(14,15)16/h3-6,10,17H,2,7-8H2,1H3. The summed E-state index contributed by atoms with van der Waals surface area (Å²) in [6.45, 7) is 2.66. The van der Waals surface area contributed by atoms with Crippen LogP contribution in [0.1, 0.15) is 25.3 Å². The molecule has 17 heavy (non-hydrogen) atoms. The zero-order chi connectivity index (χ0) is 12.9. The van der Waals surface area contributed by atoms with Crippen LogP contribution in [0.3, 0.4) is 0 Å². The van der Waals surface area contributed by atoms with E-state index < -0.39 is 11.7 Å². The molecule has 0 heterocycles. The molecular formula is C12H15ClF3N. The van der Waals surface area contributed by atoms with E-state index in [1.54, 1.807) is 0 Å². The second-order valence-corrected chi connectivity index (χ2v) is 4.41. The molecule has 1 atom stereocenters. The minimum atomic E-state index is -4.28. The van der Waals surface area contributed by atoms with Crippen molar-refractivity contribution in [2.45, 2.75) is 31.3 Å². The maximum absolute atomic E-state index is 12.3. The predicted molar refractivity (Wildman–Crippen MR) is 64.5 cm³/mol. The molecule has 0 saturated heterocycles. The van der Waals surface area contributed by atoms with Gasteiger partial charge in [0.25, 0.3) is 0 Å². The molecule has 5 heteroatoms. The SMILES string of the molecule is CCC(Cl)CCNc1ccc(C(F)(F)F)cc1. The number of rotatable bonds is 5.